The molecule has 0 spiro atoms. The monoisotopic (exact) mass is 1380 g/mol. The van der Waals surface area contributed by atoms with Crippen LogP contribution in [0.1, 0.15) is 165 Å². The van der Waals surface area contributed by atoms with Gasteiger partial charge in [0.2, 0.25) is 17.7 Å². The molecular weight excluding hydrogens is 1280 g/mol. The highest BCUT2D eigenvalue weighted by atomic mass is 32.1. The van der Waals surface area contributed by atoms with Gasteiger partial charge >= 0.3 is 17.9 Å². The van der Waals surface area contributed by atoms with Crippen molar-refractivity contribution in [1.82, 2.24) is 4.90 Å². The van der Waals surface area contributed by atoms with Gasteiger partial charge in [0.25, 0.3) is 0 Å². The molecule has 0 atom stereocenters. The molecule has 0 bridgehead atoms. The van der Waals surface area contributed by atoms with Gasteiger partial charge < -0.3 is 53.9 Å². The maximum Gasteiger partial charge on any atom is 0.350 e. The lowest BCUT2D eigenvalue weighted by atomic mass is 9.82. The number of aromatic carboxylic acids is 1. The van der Waals surface area contributed by atoms with E-state index < -0.39 is 11.9 Å². The maximum atomic E-state index is 14.0. The lowest BCUT2D eigenvalue weighted by molar-refractivity contribution is -0.865. The number of hydrogen-bond donors (Lipinski definition) is 1. The van der Waals surface area contributed by atoms with E-state index in [4.69, 9.17) is 9.47 Å². The Bertz CT molecular complexity index is 3600. The molecular formula is C77H100N6O11S3. The molecule has 522 valence electrons. The number of carboxylic acid groups (broad SMARTS) is 1. The summed E-state index contributed by atoms with van der Waals surface area (Å²) >= 11 is 4.01. The number of nitrogens with zero attached hydrogens (tertiary/aromatic N) is 6. The number of carbonyl (C=O) groups excluding carboxylic acids is 5. The molecule has 3 aromatic carbocycles. The SMILES string of the molecule is CC1CCC(C(=O)N(c2cc(-c3ccccc3)sc2C(=O)O)C2CC[N+](C)([O-])CC2)CC1.COC(=O)c1sc(-c2ccccc2)cc1N(C(=O)C1CCC(C)CC1)C1CCN(C)CC1.COC(=O)c1sc(-c2ccccc2)cc1N(C(=O)C1CCC(C)CC1)C1CC[N+](C)([O-])CC1. The van der Waals surface area contributed by atoms with E-state index in [0.717, 1.165) is 140 Å². The van der Waals surface area contributed by atoms with E-state index in [1.165, 1.54) is 48.2 Å². The molecule has 6 aliphatic rings. The van der Waals surface area contributed by atoms with Crippen molar-refractivity contribution in [2.24, 2.45) is 35.5 Å². The second-order valence-corrected chi connectivity index (χ2v) is 32.0. The van der Waals surface area contributed by atoms with Crippen LogP contribution in [0.5, 0.6) is 0 Å². The third-order valence-corrected chi connectivity index (χ3v) is 24.8. The fourth-order valence-corrected chi connectivity index (χ4v) is 18.3. The van der Waals surface area contributed by atoms with Gasteiger partial charge in [-0.15, -0.1) is 34.0 Å². The summed E-state index contributed by atoms with van der Waals surface area (Å²) < 4.78 is 9.68. The van der Waals surface area contributed by atoms with Crippen molar-refractivity contribution >= 4 is 86.7 Å². The van der Waals surface area contributed by atoms with Gasteiger partial charge in [0.05, 0.1) is 71.6 Å². The first-order chi connectivity index (χ1) is 46.5. The Morgan fingerprint density at radius 3 is 0.979 bits per heavy atom. The number of amides is 3. The summed E-state index contributed by atoms with van der Waals surface area (Å²) in [7, 11) is 8.29. The zero-order valence-electron chi connectivity index (χ0n) is 58.0. The second-order valence-electron chi connectivity index (χ2n) is 28.8. The number of hydrogen-bond acceptors (Lipinski definition) is 14. The minimum absolute atomic E-state index is 0.0313. The van der Waals surface area contributed by atoms with Crippen molar-refractivity contribution in [3.05, 3.63) is 134 Å². The number of ether oxygens (including phenoxy) is 2. The second kappa shape index (κ2) is 33.0. The van der Waals surface area contributed by atoms with Crippen molar-refractivity contribution in [3.8, 4) is 31.3 Å². The van der Waals surface area contributed by atoms with Crippen LogP contribution >= 0.6 is 34.0 Å². The number of piperidine rings is 3. The molecule has 20 heteroatoms. The molecule has 97 heavy (non-hydrogen) atoms. The number of carboxylic acids is 1. The zero-order chi connectivity index (χ0) is 69.1. The van der Waals surface area contributed by atoms with Crippen molar-refractivity contribution in [2.75, 3.05) is 89.3 Å². The molecule has 3 saturated carbocycles. The molecule has 3 amide bonds. The summed E-state index contributed by atoms with van der Waals surface area (Å²) in [5, 5.41) is 35.0. The van der Waals surface area contributed by atoms with E-state index in [9.17, 15) is 44.3 Å². The highest BCUT2D eigenvalue weighted by Gasteiger charge is 2.42. The lowest BCUT2D eigenvalue weighted by Gasteiger charge is -2.47. The van der Waals surface area contributed by atoms with E-state index in [1.807, 2.05) is 119 Å². The Hall–Kier alpha value is -6.62. The molecule has 3 aliphatic carbocycles. The minimum Gasteiger partial charge on any atom is -0.633 e. The fourth-order valence-electron chi connectivity index (χ4n) is 15.1. The van der Waals surface area contributed by atoms with Crippen LogP contribution in [0.15, 0.2) is 109 Å². The smallest absolute Gasteiger partial charge is 0.350 e. The van der Waals surface area contributed by atoms with E-state index in [-0.39, 0.29) is 73.7 Å². The lowest BCUT2D eigenvalue weighted by Crippen LogP contribution is -2.53. The van der Waals surface area contributed by atoms with E-state index in [2.05, 4.69) is 32.7 Å². The molecule has 3 aliphatic heterocycles. The van der Waals surface area contributed by atoms with E-state index >= 15 is 0 Å². The van der Waals surface area contributed by atoms with Crippen molar-refractivity contribution in [2.45, 2.75) is 154 Å². The Morgan fingerprint density at radius 1 is 0.433 bits per heavy atom. The molecule has 6 fully saturated rings. The summed E-state index contributed by atoms with van der Waals surface area (Å²) in [6.07, 6.45) is 15.9. The number of carbonyl (C=O) groups is 6. The number of anilines is 3. The predicted octanol–water partition coefficient (Wildman–Crippen LogP) is 16.3. The van der Waals surface area contributed by atoms with Gasteiger partial charge in [-0.1, -0.05) is 112 Å². The third-order valence-electron chi connectivity index (χ3n) is 21.4. The number of benzene rings is 3. The van der Waals surface area contributed by atoms with E-state index in [1.54, 1.807) is 19.0 Å². The number of rotatable bonds is 15. The number of esters is 2. The predicted molar refractivity (Wildman–Crippen MR) is 390 cm³/mol. The minimum atomic E-state index is -1.01. The topological polar surface area (TPSA) is 200 Å². The van der Waals surface area contributed by atoms with Crippen LogP contribution in [-0.2, 0) is 23.9 Å². The van der Waals surface area contributed by atoms with Gasteiger partial charge in [-0.2, -0.15) is 0 Å². The molecule has 0 unspecified atom stereocenters. The number of methoxy groups -OCH3 is 2. The quantitative estimate of drug-likeness (QED) is 0.0580. The average Bonchev–Trinajstić information content (AvgIpc) is 1.70. The van der Waals surface area contributed by atoms with Gasteiger partial charge in [-0.25, -0.2) is 14.4 Å². The molecule has 6 heterocycles. The van der Waals surface area contributed by atoms with Gasteiger partial charge in [-0.3, -0.25) is 14.4 Å². The zero-order valence-corrected chi connectivity index (χ0v) is 60.4. The number of likely N-dealkylation sites (tertiary alicyclic amines) is 3. The Balaban J connectivity index is 0.000000158. The highest BCUT2D eigenvalue weighted by molar-refractivity contribution is 7.18. The summed E-state index contributed by atoms with van der Waals surface area (Å²) in [5.41, 5.74) is 4.87. The van der Waals surface area contributed by atoms with Crippen LogP contribution in [0.25, 0.3) is 31.3 Å². The number of quaternary nitrogens is 2. The first-order valence-electron chi connectivity index (χ1n) is 35.3. The van der Waals surface area contributed by atoms with E-state index in [0.29, 0.717) is 90.7 Å². The van der Waals surface area contributed by atoms with Crippen LogP contribution in [0.4, 0.5) is 17.1 Å². The molecule has 0 radical (unpaired) electrons. The fraction of sp³-hybridized carbons (Fsp3) is 0.532. The standard InChI is InChI=1S/C26H34N2O4S.C26H34N2O3S.C25H32N2O4S/c1-18-9-11-20(12-10-18)25(29)27(21-13-15-28(2,31)16-14-21)22-17-23(19-7-5-4-6-8-19)33-24(22)26(30)32-3;1-18-9-11-20(12-10-18)25(29)28(21-13-15-27(2)16-14-21)22-17-23(19-7-5-4-6-8-19)32-24(22)26(30)31-3;1-17-8-10-19(11-9-17)24(28)26(20-12-14-27(2,31)15-13-20)21-16-22(32-23(21)25(29)30)18-6-4-3-5-7-18/h4-8,17-18,20-21H,9-16H2,1-3H3;4-8,17-18,20-21H,9-16H2,1-3H3;3-7,16-17,19-20H,8-15H2,1-2H3,(H,29,30). The van der Waals surface area contributed by atoms with Crippen LogP contribution in [-0.4, -0.2) is 148 Å². The first-order valence-corrected chi connectivity index (χ1v) is 37.7. The summed E-state index contributed by atoms with van der Waals surface area (Å²) in [6, 6.07) is 35.4. The molecule has 3 aromatic heterocycles. The van der Waals surface area contributed by atoms with Crippen LogP contribution in [0.2, 0.25) is 0 Å². The normalized spacial score (nSPS) is 26.2. The van der Waals surface area contributed by atoms with Gasteiger partial charge in [0.1, 0.15) is 14.6 Å². The Morgan fingerprint density at radius 2 is 0.701 bits per heavy atom. The van der Waals surface area contributed by atoms with Gasteiger partial charge in [0.15, 0.2) is 0 Å². The molecule has 3 saturated heterocycles. The summed E-state index contributed by atoms with van der Waals surface area (Å²) in [4.78, 5) is 91.5. The molecule has 6 aromatic rings. The summed E-state index contributed by atoms with van der Waals surface area (Å²) in [6.45, 7) is 10.5. The van der Waals surface area contributed by atoms with Crippen molar-refractivity contribution in [1.29, 1.82) is 0 Å². The van der Waals surface area contributed by atoms with Crippen LogP contribution in [0, 0.1) is 45.9 Å². The molecule has 12 rings (SSSR count). The third kappa shape index (κ3) is 18.2. The maximum absolute atomic E-state index is 14.0. The summed E-state index contributed by atoms with van der Waals surface area (Å²) in [5.74, 6) is 0.390. The molecule has 1 N–H and O–H groups in total. The van der Waals surface area contributed by atoms with Gasteiger partial charge in [-0.05, 0) is 163 Å². The number of hydroxylamine groups is 6. The van der Waals surface area contributed by atoms with Crippen LogP contribution < -0.4 is 14.7 Å². The highest BCUT2D eigenvalue weighted by Crippen LogP contribution is 2.46. The van der Waals surface area contributed by atoms with Crippen molar-refractivity contribution < 1.29 is 52.6 Å². The molecule has 17 nitrogen and oxygen atoms in total. The largest absolute Gasteiger partial charge is 0.633 e. The van der Waals surface area contributed by atoms with Crippen molar-refractivity contribution in [3.63, 3.8) is 0 Å². The Kier molecular flexibility index (Phi) is 24.9. The van der Waals surface area contributed by atoms with Crippen LogP contribution in [0.3, 0.4) is 0 Å². The Labute approximate surface area is 585 Å². The first kappa shape index (κ1) is 73.1. The van der Waals surface area contributed by atoms with Gasteiger partial charge in [0, 0.05) is 76.2 Å². The number of thiophene rings is 3. The average molecular weight is 1380 g/mol.